The minimum Gasteiger partial charge on any atom is -0.325 e. The van der Waals surface area contributed by atoms with Crippen LogP contribution in [0.15, 0.2) is 29.2 Å². The Morgan fingerprint density at radius 3 is 2.44 bits per heavy atom. The van der Waals surface area contributed by atoms with Crippen LogP contribution in [0.1, 0.15) is 39.0 Å². The zero-order valence-corrected chi connectivity index (χ0v) is 15.5. The van der Waals surface area contributed by atoms with Gasteiger partial charge in [-0.2, -0.15) is 0 Å². The number of rotatable bonds is 4. The Labute approximate surface area is 149 Å². The van der Waals surface area contributed by atoms with E-state index in [1.807, 2.05) is 6.92 Å². The summed E-state index contributed by atoms with van der Waals surface area (Å²) < 4.78 is 22.6. The molecule has 2 aliphatic rings. The molecule has 1 heterocycles. The second-order valence-electron chi connectivity index (χ2n) is 7.32. The number of benzene rings is 1. The molecule has 0 spiro atoms. The Bertz CT molecular complexity index is 718. The number of sulfonamides is 1. The Morgan fingerprint density at radius 1 is 1.16 bits per heavy atom. The second-order valence-corrected chi connectivity index (χ2v) is 8.88. The molecule has 3 N–H and O–H groups in total. The van der Waals surface area contributed by atoms with Crippen molar-refractivity contribution in [3.63, 3.8) is 0 Å². The lowest BCUT2D eigenvalue weighted by atomic mass is 9.75. The maximum absolute atomic E-state index is 12.6. The number of anilines is 1. The van der Waals surface area contributed by atoms with Crippen LogP contribution in [0, 0.1) is 11.8 Å². The van der Waals surface area contributed by atoms with Crippen LogP contribution in [0.25, 0.3) is 0 Å². The van der Waals surface area contributed by atoms with Crippen molar-refractivity contribution >= 4 is 21.6 Å². The molecule has 3 rings (SSSR count). The highest BCUT2D eigenvalue weighted by Crippen LogP contribution is 2.36. The minimum absolute atomic E-state index is 0.0397. The van der Waals surface area contributed by atoms with Gasteiger partial charge in [0.25, 0.3) is 0 Å². The number of nitrogens with two attached hydrogens (primary N) is 1. The van der Waals surface area contributed by atoms with Gasteiger partial charge >= 0.3 is 0 Å². The number of likely N-dealkylation sites (tertiary alicyclic amines) is 1. The maximum Gasteiger partial charge on any atom is 0.241 e. The van der Waals surface area contributed by atoms with Gasteiger partial charge in [0, 0.05) is 12.2 Å². The average molecular weight is 365 g/mol. The van der Waals surface area contributed by atoms with Crippen molar-refractivity contribution in [2.45, 2.75) is 50.0 Å². The van der Waals surface area contributed by atoms with E-state index in [2.05, 4.69) is 10.2 Å². The molecule has 1 aromatic carbocycles. The second kappa shape index (κ2) is 7.43. The highest BCUT2D eigenvalue weighted by atomic mass is 32.2. The first kappa shape index (κ1) is 18.4. The number of fused-ring (bicyclic) bond motifs is 1. The average Bonchev–Trinajstić information content (AvgIpc) is 2.60. The molecule has 7 heteroatoms. The normalized spacial score (nSPS) is 25.8. The summed E-state index contributed by atoms with van der Waals surface area (Å²) in [5, 5.41) is 7.96. The van der Waals surface area contributed by atoms with Crippen molar-refractivity contribution < 1.29 is 13.2 Å². The van der Waals surface area contributed by atoms with Gasteiger partial charge < -0.3 is 5.32 Å². The molecule has 1 saturated heterocycles. The van der Waals surface area contributed by atoms with Gasteiger partial charge in [-0.05, 0) is 62.4 Å². The molecule has 1 saturated carbocycles. The largest absolute Gasteiger partial charge is 0.325 e. The Hall–Kier alpha value is -1.44. The van der Waals surface area contributed by atoms with Gasteiger partial charge in [0.15, 0.2) is 0 Å². The van der Waals surface area contributed by atoms with Gasteiger partial charge in [0.1, 0.15) is 0 Å². The number of amides is 1. The molecule has 0 aromatic heterocycles. The van der Waals surface area contributed by atoms with Crippen molar-refractivity contribution in [1.82, 2.24) is 4.90 Å². The van der Waals surface area contributed by atoms with Crippen LogP contribution in [0.5, 0.6) is 0 Å². The fourth-order valence-electron chi connectivity index (χ4n) is 4.12. The first-order chi connectivity index (χ1) is 11.8. The van der Waals surface area contributed by atoms with Crippen LogP contribution < -0.4 is 10.5 Å². The van der Waals surface area contributed by atoms with E-state index < -0.39 is 10.0 Å². The number of piperidine rings is 1. The molecular formula is C18H27N3O3S. The van der Waals surface area contributed by atoms with Gasteiger partial charge in [0.2, 0.25) is 15.9 Å². The van der Waals surface area contributed by atoms with Crippen molar-refractivity contribution in [2.24, 2.45) is 17.0 Å². The van der Waals surface area contributed by atoms with E-state index in [-0.39, 0.29) is 16.8 Å². The predicted octanol–water partition coefficient (Wildman–Crippen LogP) is 2.17. The quantitative estimate of drug-likeness (QED) is 0.855. The minimum atomic E-state index is -3.71. The van der Waals surface area contributed by atoms with E-state index >= 15 is 0 Å². The van der Waals surface area contributed by atoms with Crippen LogP contribution in [0.4, 0.5) is 5.69 Å². The van der Waals surface area contributed by atoms with Gasteiger partial charge in [-0.1, -0.05) is 19.3 Å². The van der Waals surface area contributed by atoms with E-state index in [4.69, 9.17) is 5.14 Å². The monoisotopic (exact) mass is 365 g/mol. The van der Waals surface area contributed by atoms with E-state index in [0.29, 0.717) is 5.69 Å². The van der Waals surface area contributed by atoms with E-state index in [9.17, 15) is 13.2 Å². The highest BCUT2D eigenvalue weighted by molar-refractivity contribution is 7.89. The first-order valence-electron chi connectivity index (χ1n) is 9.02. The van der Waals surface area contributed by atoms with Crippen molar-refractivity contribution in [3.8, 4) is 0 Å². The standard InChI is InChI=1S/C18H27N3O3S/c1-13(21-11-10-14-4-2-3-5-15(14)12-21)18(22)20-16-6-8-17(9-7-16)25(19,23)24/h6-9,13-15H,2-5,10-12H2,1H3,(H,20,22)(H2,19,23,24)/t13-,14-,15+/m0/s1. The first-order valence-corrected chi connectivity index (χ1v) is 10.6. The summed E-state index contributed by atoms with van der Waals surface area (Å²) in [5.74, 6) is 1.51. The van der Waals surface area contributed by atoms with Crippen LogP contribution in [-0.2, 0) is 14.8 Å². The molecule has 0 unspecified atom stereocenters. The molecule has 0 bridgehead atoms. The van der Waals surface area contributed by atoms with E-state index in [1.165, 1.54) is 44.2 Å². The summed E-state index contributed by atoms with van der Waals surface area (Å²) in [6, 6.07) is 5.75. The summed E-state index contributed by atoms with van der Waals surface area (Å²) in [7, 11) is -3.71. The van der Waals surface area contributed by atoms with Crippen molar-refractivity contribution in [1.29, 1.82) is 0 Å². The molecule has 1 aliphatic carbocycles. The number of carbonyl (C=O) groups excluding carboxylic acids is 1. The molecule has 25 heavy (non-hydrogen) atoms. The Kier molecular flexibility index (Phi) is 5.46. The fourth-order valence-corrected chi connectivity index (χ4v) is 4.64. The number of nitrogens with one attached hydrogen (secondary N) is 1. The molecular weight excluding hydrogens is 338 g/mol. The third-order valence-electron chi connectivity index (χ3n) is 5.70. The maximum atomic E-state index is 12.6. The molecule has 1 aliphatic heterocycles. The van der Waals surface area contributed by atoms with Gasteiger partial charge in [-0.15, -0.1) is 0 Å². The third kappa shape index (κ3) is 4.40. The number of nitrogens with zero attached hydrogens (tertiary/aromatic N) is 1. The van der Waals surface area contributed by atoms with Gasteiger partial charge in [-0.25, -0.2) is 13.6 Å². The zero-order chi connectivity index (χ0) is 18.0. The Balaban J connectivity index is 1.59. The number of hydrogen-bond acceptors (Lipinski definition) is 4. The third-order valence-corrected chi connectivity index (χ3v) is 6.63. The van der Waals surface area contributed by atoms with Crippen LogP contribution in [0.3, 0.4) is 0 Å². The van der Waals surface area contributed by atoms with Crippen molar-refractivity contribution in [2.75, 3.05) is 18.4 Å². The summed E-state index contributed by atoms with van der Waals surface area (Å²) in [5.41, 5.74) is 0.580. The molecule has 1 aromatic rings. The summed E-state index contributed by atoms with van der Waals surface area (Å²) in [6.45, 7) is 3.92. The lowest BCUT2D eigenvalue weighted by molar-refractivity contribution is -0.122. The SMILES string of the molecule is C[C@@H](C(=O)Nc1ccc(S(N)(=O)=O)cc1)N1CC[C@@H]2CCCC[C@@H]2C1. The molecule has 138 valence electrons. The summed E-state index contributed by atoms with van der Waals surface area (Å²) in [6.07, 6.45) is 6.48. The summed E-state index contributed by atoms with van der Waals surface area (Å²) >= 11 is 0. The lowest BCUT2D eigenvalue weighted by Gasteiger charge is -2.43. The summed E-state index contributed by atoms with van der Waals surface area (Å²) in [4.78, 5) is 14.9. The highest BCUT2D eigenvalue weighted by Gasteiger charge is 2.34. The molecule has 2 fully saturated rings. The topological polar surface area (TPSA) is 92.5 Å². The smallest absolute Gasteiger partial charge is 0.241 e. The molecule has 3 atom stereocenters. The zero-order valence-electron chi connectivity index (χ0n) is 14.6. The van der Waals surface area contributed by atoms with E-state index in [0.717, 1.165) is 24.9 Å². The van der Waals surface area contributed by atoms with Crippen LogP contribution in [-0.4, -0.2) is 38.4 Å². The van der Waals surface area contributed by atoms with Gasteiger partial charge in [0.05, 0.1) is 10.9 Å². The Morgan fingerprint density at radius 2 is 1.80 bits per heavy atom. The fraction of sp³-hybridized carbons (Fsp3) is 0.611. The van der Waals surface area contributed by atoms with Crippen LogP contribution in [0.2, 0.25) is 0 Å². The van der Waals surface area contributed by atoms with Crippen molar-refractivity contribution in [3.05, 3.63) is 24.3 Å². The predicted molar refractivity (Wildman–Crippen MR) is 97.5 cm³/mol. The molecule has 0 radical (unpaired) electrons. The number of primary sulfonamides is 1. The van der Waals surface area contributed by atoms with E-state index in [1.54, 1.807) is 12.1 Å². The number of carbonyl (C=O) groups is 1. The van der Waals surface area contributed by atoms with Crippen LogP contribution >= 0.6 is 0 Å². The number of hydrogen-bond donors (Lipinski definition) is 2. The lowest BCUT2D eigenvalue weighted by Crippen LogP contribution is -2.49. The molecule has 6 nitrogen and oxygen atoms in total. The molecule has 1 amide bonds. The van der Waals surface area contributed by atoms with Gasteiger partial charge in [-0.3, -0.25) is 9.69 Å².